The SMILES string of the molecule is CC(C)CNCCCCn1nc2n(c1=O)CCCC2. The number of aromatic nitrogens is 3. The summed E-state index contributed by atoms with van der Waals surface area (Å²) < 4.78 is 3.50. The fraction of sp³-hybridized carbons (Fsp3) is 0.857. The van der Waals surface area contributed by atoms with Gasteiger partial charge in [-0.25, -0.2) is 9.48 Å². The Kier molecular flexibility index (Phi) is 5.19. The maximum atomic E-state index is 12.1. The second kappa shape index (κ2) is 6.89. The smallest absolute Gasteiger partial charge is 0.316 e. The van der Waals surface area contributed by atoms with Crippen molar-refractivity contribution in [2.24, 2.45) is 5.92 Å². The zero-order valence-electron chi connectivity index (χ0n) is 12.2. The number of nitrogens with zero attached hydrogens (tertiary/aromatic N) is 3. The average molecular weight is 266 g/mol. The largest absolute Gasteiger partial charge is 0.345 e. The van der Waals surface area contributed by atoms with Gasteiger partial charge in [-0.05, 0) is 44.7 Å². The Bertz CT molecular complexity index is 447. The highest BCUT2D eigenvalue weighted by molar-refractivity contribution is 4.91. The topological polar surface area (TPSA) is 51.9 Å². The maximum absolute atomic E-state index is 12.1. The van der Waals surface area contributed by atoms with Crippen LogP contribution >= 0.6 is 0 Å². The van der Waals surface area contributed by atoms with Crippen molar-refractivity contribution in [2.75, 3.05) is 13.1 Å². The van der Waals surface area contributed by atoms with Gasteiger partial charge in [-0.3, -0.25) is 4.57 Å². The van der Waals surface area contributed by atoms with Crippen LogP contribution in [-0.4, -0.2) is 27.4 Å². The van der Waals surface area contributed by atoms with Crippen LogP contribution < -0.4 is 11.0 Å². The van der Waals surface area contributed by atoms with Crippen molar-refractivity contribution in [3.63, 3.8) is 0 Å². The Hall–Kier alpha value is -1.10. The third-order valence-electron chi connectivity index (χ3n) is 3.56. The summed E-state index contributed by atoms with van der Waals surface area (Å²) in [6, 6.07) is 0. The minimum atomic E-state index is 0.0878. The van der Waals surface area contributed by atoms with Gasteiger partial charge in [0.1, 0.15) is 5.82 Å². The summed E-state index contributed by atoms with van der Waals surface area (Å²) in [5.74, 6) is 1.68. The maximum Gasteiger partial charge on any atom is 0.345 e. The molecule has 0 radical (unpaired) electrons. The molecular formula is C14H26N4O. The molecular weight excluding hydrogens is 240 g/mol. The van der Waals surface area contributed by atoms with Gasteiger partial charge in [0, 0.05) is 19.5 Å². The number of hydrogen-bond acceptors (Lipinski definition) is 3. The Morgan fingerprint density at radius 3 is 2.89 bits per heavy atom. The van der Waals surface area contributed by atoms with Crippen molar-refractivity contribution in [1.82, 2.24) is 19.7 Å². The molecule has 1 aliphatic rings. The standard InChI is InChI=1S/C14H26N4O/c1-12(2)11-15-8-4-6-10-18-14(19)17-9-5-3-7-13(17)16-18/h12,15H,3-11H2,1-2H3. The first kappa shape index (κ1) is 14.3. The molecule has 0 unspecified atom stereocenters. The van der Waals surface area contributed by atoms with E-state index in [0.29, 0.717) is 5.92 Å². The summed E-state index contributed by atoms with van der Waals surface area (Å²) in [7, 11) is 0. The van der Waals surface area contributed by atoms with Gasteiger partial charge < -0.3 is 5.32 Å². The molecule has 0 bridgehead atoms. The molecule has 0 amide bonds. The molecule has 0 fully saturated rings. The summed E-state index contributed by atoms with van der Waals surface area (Å²) in [4.78, 5) is 12.1. The summed E-state index contributed by atoms with van der Waals surface area (Å²) in [5.41, 5.74) is 0.0878. The number of rotatable bonds is 7. The van der Waals surface area contributed by atoms with Gasteiger partial charge in [-0.1, -0.05) is 13.8 Å². The number of nitrogens with one attached hydrogen (secondary N) is 1. The monoisotopic (exact) mass is 266 g/mol. The Morgan fingerprint density at radius 1 is 1.32 bits per heavy atom. The van der Waals surface area contributed by atoms with Crippen LogP contribution in [0, 0.1) is 5.92 Å². The van der Waals surface area contributed by atoms with Crippen LogP contribution in [0.5, 0.6) is 0 Å². The Morgan fingerprint density at radius 2 is 2.16 bits per heavy atom. The van der Waals surface area contributed by atoms with E-state index in [1.165, 1.54) is 0 Å². The molecule has 1 N–H and O–H groups in total. The zero-order valence-corrected chi connectivity index (χ0v) is 12.2. The van der Waals surface area contributed by atoms with Crippen LogP contribution in [0.25, 0.3) is 0 Å². The van der Waals surface area contributed by atoms with Gasteiger partial charge in [0.15, 0.2) is 0 Å². The molecule has 0 spiro atoms. The number of fused-ring (bicyclic) bond motifs is 1. The van der Waals surface area contributed by atoms with Crippen LogP contribution in [-0.2, 0) is 19.5 Å². The first-order chi connectivity index (χ1) is 9.18. The first-order valence-electron chi connectivity index (χ1n) is 7.55. The summed E-state index contributed by atoms with van der Waals surface area (Å²) in [6.45, 7) is 8.12. The highest BCUT2D eigenvalue weighted by atomic mass is 16.2. The molecule has 0 atom stereocenters. The van der Waals surface area contributed by atoms with Crippen molar-refractivity contribution >= 4 is 0 Å². The summed E-state index contributed by atoms with van der Waals surface area (Å²) in [6.07, 6.45) is 5.34. The minimum absolute atomic E-state index is 0.0878. The Balaban J connectivity index is 1.74. The molecule has 5 nitrogen and oxygen atoms in total. The lowest BCUT2D eigenvalue weighted by Gasteiger charge is -2.09. The lowest BCUT2D eigenvalue weighted by atomic mass is 10.2. The van der Waals surface area contributed by atoms with Crippen LogP contribution in [0.4, 0.5) is 0 Å². The predicted molar refractivity (Wildman–Crippen MR) is 76.4 cm³/mol. The van der Waals surface area contributed by atoms with E-state index in [4.69, 9.17) is 0 Å². The van der Waals surface area contributed by atoms with Gasteiger partial charge in [-0.15, -0.1) is 0 Å². The molecule has 1 aromatic heterocycles. The molecule has 1 aliphatic heterocycles. The fourth-order valence-corrected chi connectivity index (χ4v) is 2.50. The third kappa shape index (κ3) is 3.93. The van der Waals surface area contributed by atoms with E-state index < -0.39 is 0 Å². The predicted octanol–water partition coefficient (Wildman–Crippen LogP) is 1.41. The van der Waals surface area contributed by atoms with E-state index in [0.717, 1.165) is 64.1 Å². The minimum Gasteiger partial charge on any atom is -0.316 e. The van der Waals surface area contributed by atoms with Gasteiger partial charge >= 0.3 is 5.69 Å². The van der Waals surface area contributed by atoms with Crippen LogP contribution in [0.1, 0.15) is 45.4 Å². The van der Waals surface area contributed by atoms with Gasteiger partial charge in [-0.2, -0.15) is 5.10 Å². The van der Waals surface area contributed by atoms with E-state index >= 15 is 0 Å². The van der Waals surface area contributed by atoms with Crippen LogP contribution in [0.2, 0.25) is 0 Å². The van der Waals surface area contributed by atoms with Crippen molar-refractivity contribution in [3.05, 3.63) is 16.3 Å². The van der Waals surface area contributed by atoms with Gasteiger partial charge in [0.05, 0.1) is 0 Å². The molecule has 2 heterocycles. The molecule has 0 aromatic carbocycles. The number of hydrogen-bond donors (Lipinski definition) is 1. The van der Waals surface area contributed by atoms with E-state index in [1.807, 2.05) is 4.57 Å². The summed E-state index contributed by atoms with van der Waals surface area (Å²) in [5, 5.41) is 7.86. The normalized spacial score (nSPS) is 14.9. The summed E-state index contributed by atoms with van der Waals surface area (Å²) >= 11 is 0. The van der Waals surface area contributed by atoms with Gasteiger partial charge in [0.25, 0.3) is 0 Å². The van der Waals surface area contributed by atoms with Crippen molar-refractivity contribution in [1.29, 1.82) is 0 Å². The Labute approximate surface area is 115 Å². The molecule has 2 rings (SSSR count). The average Bonchev–Trinajstić information content (AvgIpc) is 2.71. The molecule has 1 aromatic rings. The van der Waals surface area contributed by atoms with E-state index in [1.54, 1.807) is 4.68 Å². The van der Waals surface area contributed by atoms with Gasteiger partial charge in [0.2, 0.25) is 0 Å². The highest BCUT2D eigenvalue weighted by Crippen LogP contribution is 2.09. The molecule has 0 aliphatic carbocycles. The lowest BCUT2D eigenvalue weighted by molar-refractivity contribution is 0.493. The zero-order chi connectivity index (χ0) is 13.7. The van der Waals surface area contributed by atoms with Crippen LogP contribution in [0.15, 0.2) is 4.79 Å². The molecule has 0 saturated heterocycles. The van der Waals surface area contributed by atoms with Crippen molar-refractivity contribution < 1.29 is 0 Å². The lowest BCUT2D eigenvalue weighted by Crippen LogP contribution is -2.27. The highest BCUT2D eigenvalue weighted by Gasteiger charge is 2.15. The fourth-order valence-electron chi connectivity index (χ4n) is 2.50. The van der Waals surface area contributed by atoms with E-state index in [-0.39, 0.29) is 5.69 Å². The second-order valence-electron chi connectivity index (χ2n) is 5.84. The van der Waals surface area contributed by atoms with Crippen LogP contribution in [0.3, 0.4) is 0 Å². The number of unbranched alkanes of at least 4 members (excludes halogenated alkanes) is 1. The second-order valence-corrected chi connectivity index (χ2v) is 5.84. The third-order valence-corrected chi connectivity index (χ3v) is 3.56. The number of aryl methyl sites for hydroxylation is 2. The van der Waals surface area contributed by atoms with Crippen molar-refractivity contribution in [2.45, 2.75) is 59.0 Å². The molecule has 5 heteroatoms. The van der Waals surface area contributed by atoms with Crippen molar-refractivity contribution in [3.8, 4) is 0 Å². The quantitative estimate of drug-likeness (QED) is 0.759. The first-order valence-corrected chi connectivity index (χ1v) is 7.55. The van der Waals surface area contributed by atoms with E-state index in [9.17, 15) is 4.79 Å². The molecule has 108 valence electrons. The van der Waals surface area contributed by atoms with E-state index in [2.05, 4.69) is 24.3 Å². The molecule has 0 saturated carbocycles. The molecule has 19 heavy (non-hydrogen) atoms.